The number of carbonyl (C=O) groups excluding carboxylic acids is 2. The van der Waals surface area contributed by atoms with E-state index in [-0.39, 0.29) is 17.7 Å². The first kappa shape index (κ1) is 14.7. The number of amides is 2. The molecule has 1 heterocycles. The van der Waals surface area contributed by atoms with E-state index in [2.05, 4.69) is 5.32 Å². The quantitative estimate of drug-likeness (QED) is 0.876. The van der Waals surface area contributed by atoms with E-state index in [0.717, 1.165) is 12.2 Å². The zero-order valence-corrected chi connectivity index (χ0v) is 12.2. The Morgan fingerprint density at radius 2 is 2.25 bits per heavy atom. The Morgan fingerprint density at radius 3 is 2.95 bits per heavy atom. The third-order valence-corrected chi connectivity index (χ3v) is 3.69. The second-order valence-electron chi connectivity index (χ2n) is 4.43. The Kier molecular flexibility index (Phi) is 5.29. The van der Waals surface area contributed by atoms with Gasteiger partial charge in [-0.1, -0.05) is 30.8 Å². The van der Waals surface area contributed by atoms with Gasteiger partial charge in [-0.15, -0.1) is 0 Å². The predicted octanol–water partition coefficient (Wildman–Crippen LogP) is 2.58. The number of anilines is 1. The molecule has 5 nitrogen and oxygen atoms in total. The van der Waals surface area contributed by atoms with Gasteiger partial charge < -0.3 is 15.0 Å². The third kappa shape index (κ3) is 3.90. The summed E-state index contributed by atoms with van der Waals surface area (Å²) in [5.74, 6) is 1.21. The molecule has 108 valence electrons. The van der Waals surface area contributed by atoms with Crippen LogP contribution in [0.1, 0.15) is 13.3 Å². The van der Waals surface area contributed by atoms with Gasteiger partial charge in [0.05, 0.1) is 12.3 Å². The third-order valence-electron chi connectivity index (χ3n) is 2.80. The molecule has 2 rings (SSSR count). The van der Waals surface area contributed by atoms with Crippen LogP contribution in [0.25, 0.3) is 0 Å². The Morgan fingerprint density at radius 1 is 1.45 bits per heavy atom. The molecule has 20 heavy (non-hydrogen) atoms. The molecule has 1 aliphatic rings. The molecule has 0 atom stereocenters. The molecule has 0 saturated carbocycles. The van der Waals surface area contributed by atoms with E-state index < -0.39 is 0 Å². The molecule has 1 aromatic carbocycles. The normalized spacial score (nSPS) is 14.4. The van der Waals surface area contributed by atoms with Crippen LogP contribution in [0.3, 0.4) is 0 Å². The van der Waals surface area contributed by atoms with Crippen molar-refractivity contribution < 1.29 is 14.3 Å². The van der Waals surface area contributed by atoms with E-state index >= 15 is 0 Å². The highest BCUT2D eigenvalue weighted by atomic mass is 32.2. The van der Waals surface area contributed by atoms with Gasteiger partial charge in [-0.3, -0.25) is 9.59 Å². The van der Waals surface area contributed by atoms with Crippen LogP contribution in [0, 0.1) is 0 Å². The number of nitrogens with zero attached hydrogens (tertiary/aromatic N) is 1. The number of carbonyl (C=O) groups is 2. The maximum Gasteiger partial charge on any atom is 0.282 e. The van der Waals surface area contributed by atoms with Gasteiger partial charge in [0.15, 0.2) is 0 Å². The summed E-state index contributed by atoms with van der Waals surface area (Å²) in [5.41, 5.74) is 0.644. The van der Waals surface area contributed by atoms with Gasteiger partial charge in [0, 0.05) is 12.3 Å². The van der Waals surface area contributed by atoms with Crippen molar-refractivity contribution >= 4 is 28.6 Å². The van der Waals surface area contributed by atoms with E-state index in [1.54, 1.807) is 11.0 Å². The van der Waals surface area contributed by atoms with Gasteiger partial charge in [-0.05, 0) is 18.6 Å². The lowest BCUT2D eigenvalue weighted by Crippen LogP contribution is -2.33. The van der Waals surface area contributed by atoms with Gasteiger partial charge >= 0.3 is 0 Å². The molecule has 1 fully saturated rings. The van der Waals surface area contributed by atoms with Crippen molar-refractivity contribution in [2.24, 2.45) is 0 Å². The fraction of sp³-hybridized carbons (Fsp3) is 0.429. The summed E-state index contributed by atoms with van der Waals surface area (Å²) in [7, 11) is 0. The largest absolute Gasteiger partial charge is 0.491 e. The van der Waals surface area contributed by atoms with Crippen LogP contribution in [-0.4, -0.2) is 41.5 Å². The molecular weight excluding hydrogens is 276 g/mol. The average Bonchev–Trinajstić information content (AvgIpc) is 2.83. The molecule has 1 aliphatic heterocycles. The molecule has 0 aromatic heterocycles. The molecule has 2 amide bonds. The van der Waals surface area contributed by atoms with Crippen molar-refractivity contribution in [1.82, 2.24) is 4.90 Å². The minimum Gasteiger partial charge on any atom is -0.491 e. The first-order valence-corrected chi connectivity index (χ1v) is 7.62. The maximum atomic E-state index is 12.0. The van der Waals surface area contributed by atoms with E-state index in [0.29, 0.717) is 24.6 Å². The highest BCUT2D eigenvalue weighted by Crippen LogP contribution is 2.24. The number of hydrogen-bond acceptors (Lipinski definition) is 4. The van der Waals surface area contributed by atoms with Crippen molar-refractivity contribution in [3.05, 3.63) is 24.3 Å². The summed E-state index contributed by atoms with van der Waals surface area (Å²) in [5, 5.41) is 2.77. The van der Waals surface area contributed by atoms with E-state index in [1.165, 1.54) is 11.8 Å². The minimum atomic E-state index is -0.201. The zero-order chi connectivity index (χ0) is 14.4. The smallest absolute Gasteiger partial charge is 0.282 e. The Labute approximate surface area is 122 Å². The van der Waals surface area contributed by atoms with Crippen LogP contribution in [0.4, 0.5) is 10.5 Å². The summed E-state index contributed by atoms with van der Waals surface area (Å²) in [6, 6.07) is 7.32. The molecular formula is C14H18N2O3S. The first-order chi connectivity index (χ1) is 9.70. The number of benzene rings is 1. The summed E-state index contributed by atoms with van der Waals surface area (Å²) in [6.07, 6.45) is 0.905. The monoisotopic (exact) mass is 294 g/mol. The summed E-state index contributed by atoms with van der Waals surface area (Å²) < 4.78 is 5.58. The molecule has 1 N–H and O–H groups in total. The number of rotatable bonds is 6. The van der Waals surface area contributed by atoms with Crippen molar-refractivity contribution in [2.75, 3.05) is 30.8 Å². The second kappa shape index (κ2) is 7.19. The topological polar surface area (TPSA) is 58.6 Å². The van der Waals surface area contributed by atoms with Crippen LogP contribution >= 0.6 is 11.8 Å². The molecule has 0 spiro atoms. The molecule has 1 saturated heterocycles. The molecule has 1 aromatic rings. The van der Waals surface area contributed by atoms with Gasteiger partial charge in [0.25, 0.3) is 5.24 Å². The Balaban J connectivity index is 1.95. The highest BCUT2D eigenvalue weighted by Gasteiger charge is 2.23. The molecule has 0 aliphatic carbocycles. The van der Waals surface area contributed by atoms with Crippen LogP contribution in [-0.2, 0) is 4.79 Å². The lowest BCUT2D eigenvalue weighted by molar-refractivity contribution is -0.116. The lowest BCUT2D eigenvalue weighted by atomic mass is 10.3. The number of para-hydroxylation sites is 2. The molecule has 6 heteroatoms. The average molecular weight is 294 g/mol. The molecule has 0 bridgehead atoms. The van der Waals surface area contributed by atoms with E-state index in [1.807, 2.05) is 25.1 Å². The van der Waals surface area contributed by atoms with Crippen LogP contribution in [0.15, 0.2) is 24.3 Å². The fourth-order valence-corrected chi connectivity index (χ4v) is 2.66. The van der Waals surface area contributed by atoms with E-state index in [9.17, 15) is 9.59 Å². The van der Waals surface area contributed by atoms with Crippen LogP contribution < -0.4 is 10.1 Å². The Bertz CT molecular complexity index is 493. The Hall–Kier alpha value is -1.69. The van der Waals surface area contributed by atoms with Crippen molar-refractivity contribution in [3.63, 3.8) is 0 Å². The fourth-order valence-electron chi connectivity index (χ4n) is 1.84. The van der Waals surface area contributed by atoms with Gasteiger partial charge in [0.1, 0.15) is 12.3 Å². The van der Waals surface area contributed by atoms with Gasteiger partial charge in [-0.25, -0.2) is 0 Å². The lowest BCUT2D eigenvalue weighted by Gasteiger charge is -2.15. The summed E-state index contributed by atoms with van der Waals surface area (Å²) in [6.45, 7) is 3.35. The van der Waals surface area contributed by atoms with Crippen molar-refractivity contribution in [1.29, 1.82) is 0 Å². The van der Waals surface area contributed by atoms with Crippen molar-refractivity contribution in [3.8, 4) is 5.75 Å². The maximum absolute atomic E-state index is 12.0. The zero-order valence-electron chi connectivity index (χ0n) is 11.4. The summed E-state index contributed by atoms with van der Waals surface area (Å²) in [4.78, 5) is 25.0. The number of nitrogens with one attached hydrogen (secondary N) is 1. The number of thioether (sulfide) groups is 1. The second-order valence-corrected chi connectivity index (χ2v) is 5.47. The number of hydrogen-bond donors (Lipinski definition) is 1. The molecule has 0 unspecified atom stereocenters. The van der Waals surface area contributed by atoms with Crippen molar-refractivity contribution in [2.45, 2.75) is 13.3 Å². The van der Waals surface area contributed by atoms with Gasteiger partial charge in [-0.2, -0.15) is 0 Å². The number of ether oxygens (including phenoxy) is 1. The van der Waals surface area contributed by atoms with Crippen LogP contribution in [0.5, 0.6) is 5.75 Å². The highest BCUT2D eigenvalue weighted by molar-refractivity contribution is 8.13. The van der Waals surface area contributed by atoms with Crippen LogP contribution in [0.2, 0.25) is 0 Å². The predicted molar refractivity (Wildman–Crippen MR) is 80.3 cm³/mol. The standard InChI is InChI=1S/C14H18N2O3S/c1-2-8-19-12-6-4-3-5-11(12)15-13(17)10-16-7-9-20-14(16)18/h3-6H,2,7-10H2,1H3,(H,15,17). The van der Waals surface area contributed by atoms with E-state index in [4.69, 9.17) is 4.74 Å². The SMILES string of the molecule is CCCOc1ccccc1NC(=O)CN1CCSC1=O. The minimum absolute atomic E-state index is 0.0318. The first-order valence-electron chi connectivity index (χ1n) is 6.64. The summed E-state index contributed by atoms with van der Waals surface area (Å²) >= 11 is 1.25. The van der Waals surface area contributed by atoms with Gasteiger partial charge in [0.2, 0.25) is 5.91 Å². The molecule has 0 radical (unpaired) electrons.